The van der Waals surface area contributed by atoms with Crippen molar-refractivity contribution in [3.8, 4) is 17.1 Å². The molecule has 0 saturated carbocycles. The fraction of sp³-hybridized carbons (Fsp3) is 0.217. The summed E-state index contributed by atoms with van der Waals surface area (Å²) in [6.07, 6.45) is 4.28. The highest BCUT2D eigenvalue weighted by Crippen LogP contribution is 2.23. The molecule has 0 bridgehead atoms. The van der Waals surface area contributed by atoms with Crippen molar-refractivity contribution in [2.24, 2.45) is 7.05 Å². The minimum absolute atomic E-state index is 0.0344. The van der Waals surface area contributed by atoms with E-state index in [0.717, 1.165) is 11.3 Å². The van der Waals surface area contributed by atoms with E-state index in [1.165, 1.54) is 15.8 Å². The number of aliphatic hydroxyl groups is 1. The van der Waals surface area contributed by atoms with Gasteiger partial charge in [-0.1, -0.05) is 30.3 Å². The highest BCUT2D eigenvalue weighted by atomic mass is 16.6. The third kappa shape index (κ3) is 4.15. The van der Waals surface area contributed by atoms with Gasteiger partial charge in [0.2, 0.25) is 5.88 Å². The molecule has 0 spiro atoms. The van der Waals surface area contributed by atoms with E-state index in [1.807, 2.05) is 40.9 Å². The molecule has 1 atom stereocenters. The van der Waals surface area contributed by atoms with Gasteiger partial charge in [0.1, 0.15) is 11.2 Å². The Morgan fingerprint density at radius 2 is 2.03 bits per heavy atom. The van der Waals surface area contributed by atoms with Crippen LogP contribution in [0.2, 0.25) is 0 Å². The Hall–Kier alpha value is -4.18. The zero-order valence-electron chi connectivity index (χ0n) is 17.9. The number of hydrogen-bond donors (Lipinski definition) is 2. The molecule has 4 heterocycles. The van der Waals surface area contributed by atoms with Crippen molar-refractivity contribution in [1.29, 1.82) is 0 Å². The van der Waals surface area contributed by atoms with Gasteiger partial charge in [-0.25, -0.2) is 14.5 Å². The molecular weight excluding hydrogens is 424 g/mol. The zero-order valence-corrected chi connectivity index (χ0v) is 17.9. The second-order valence-corrected chi connectivity index (χ2v) is 7.87. The summed E-state index contributed by atoms with van der Waals surface area (Å²) < 4.78 is 8.61. The van der Waals surface area contributed by atoms with Gasteiger partial charge in [-0.05, 0) is 12.5 Å². The first-order valence-electron chi connectivity index (χ1n) is 10.5. The first-order valence-corrected chi connectivity index (χ1v) is 10.5. The molecular formula is C23H22N6O4. The summed E-state index contributed by atoms with van der Waals surface area (Å²) in [4.78, 5) is 31.5. The van der Waals surface area contributed by atoms with Crippen LogP contribution in [0.3, 0.4) is 0 Å². The minimum atomic E-state index is -0.756. The molecule has 4 aromatic rings. The molecule has 1 saturated heterocycles. The van der Waals surface area contributed by atoms with E-state index < -0.39 is 12.2 Å². The summed E-state index contributed by atoms with van der Waals surface area (Å²) in [6.45, 7) is 0.685. The van der Waals surface area contributed by atoms with Crippen LogP contribution in [0, 0.1) is 0 Å². The number of likely N-dealkylation sites (tertiary alicyclic amines) is 1. The van der Waals surface area contributed by atoms with E-state index in [2.05, 4.69) is 15.4 Å². The molecule has 1 aromatic carbocycles. The summed E-state index contributed by atoms with van der Waals surface area (Å²) in [6, 6.07) is 13.3. The maximum atomic E-state index is 12.8. The number of carbonyl (C=O) groups excluding carboxylic acids is 2. The quantitative estimate of drug-likeness (QED) is 0.498. The van der Waals surface area contributed by atoms with Crippen LogP contribution in [0.15, 0.2) is 61.1 Å². The number of benzene rings is 1. The van der Waals surface area contributed by atoms with Gasteiger partial charge in [0.25, 0.3) is 5.91 Å². The number of rotatable bonds is 4. The van der Waals surface area contributed by atoms with E-state index in [0.29, 0.717) is 24.3 Å². The SMILES string of the molecule is Cn1ncc(C(=O)N2CCC(O)C2)c1OC(=O)Nc1ccn2cc(-c3ccccc3)nc2c1. The number of amides is 2. The van der Waals surface area contributed by atoms with Gasteiger partial charge in [-0.3, -0.25) is 10.1 Å². The van der Waals surface area contributed by atoms with E-state index in [1.54, 1.807) is 25.4 Å². The first kappa shape index (κ1) is 20.7. The molecule has 1 fully saturated rings. The van der Waals surface area contributed by atoms with Crippen LogP contribution in [0.1, 0.15) is 16.8 Å². The Morgan fingerprint density at radius 1 is 1.21 bits per heavy atom. The van der Waals surface area contributed by atoms with Gasteiger partial charge >= 0.3 is 6.09 Å². The average Bonchev–Trinajstić information content (AvgIpc) is 3.53. The number of aryl methyl sites for hydroxylation is 1. The number of carbonyl (C=O) groups is 2. The molecule has 168 valence electrons. The van der Waals surface area contributed by atoms with Crippen molar-refractivity contribution in [2.45, 2.75) is 12.5 Å². The third-order valence-corrected chi connectivity index (χ3v) is 5.53. The maximum Gasteiger partial charge on any atom is 0.418 e. The van der Waals surface area contributed by atoms with E-state index in [4.69, 9.17) is 4.74 Å². The van der Waals surface area contributed by atoms with Crippen LogP contribution in [-0.2, 0) is 7.05 Å². The molecule has 0 aliphatic carbocycles. The Morgan fingerprint density at radius 3 is 2.79 bits per heavy atom. The molecule has 3 aromatic heterocycles. The number of β-amino-alcohol motifs (C(OH)–C–C–N with tert-alkyl or cyclic N) is 1. The van der Waals surface area contributed by atoms with E-state index in [-0.39, 0.29) is 23.9 Å². The molecule has 33 heavy (non-hydrogen) atoms. The zero-order chi connectivity index (χ0) is 22.9. The average molecular weight is 446 g/mol. The van der Waals surface area contributed by atoms with Crippen molar-refractivity contribution in [3.63, 3.8) is 0 Å². The number of anilines is 1. The molecule has 2 amide bonds. The molecule has 1 aliphatic rings. The monoisotopic (exact) mass is 446 g/mol. The molecule has 1 aliphatic heterocycles. The van der Waals surface area contributed by atoms with Crippen molar-refractivity contribution in [3.05, 3.63) is 66.6 Å². The van der Waals surface area contributed by atoms with Gasteiger partial charge in [-0.2, -0.15) is 5.10 Å². The largest absolute Gasteiger partial charge is 0.418 e. The van der Waals surface area contributed by atoms with Crippen molar-refractivity contribution >= 4 is 23.3 Å². The van der Waals surface area contributed by atoms with Gasteiger partial charge < -0.3 is 19.1 Å². The number of imidazole rings is 1. The summed E-state index contributed by atoms with van der Waals surface area (Å²) in [5, 5.41) is 16.4. The molecule has 5 rings (SSSR count). The summed E-state index contributed by atoms with van der Waals surface area (Å²) in [5.41, 5.74) is 3.14. The van der Waals surface area contributed by atoms with Crippen LogP contribution in [0.25, 0.3) is 16.9 Å². The number of aliphatic hydroxyl groups excluding tert-OH is 1. The maximum absolute atomic E-state index is 12.8. The predicted molar refractivity (Wildman–Crippen MR) is 120 cm³/mol. The van der Waals surface area contributed by atoms with E-state index in [9.17, 15) is 14.7 Å². The molecule has 1 unspecified atom stereocenters. The lowest BCUT2D eigenvalue weighted by molar-refractivity contribution is 0.0762. The minimum Gasteiger partial charge on any atom is -0.391 e. The lowest BCUT2D eigenvalue weighted by Crippen LogP contribution is -2.30. The van der Waals surface area contributed by atoms with Crippen LogP contribution >= 0.6 is 0 Å². The van der Waals surface area contributed by atoms with Crippen LogP contribution in [-0.4, -0.2) is 60.4 Å². The van der Waals surface area contributed by atoms with Gasteiger partial charge in [-0.15, -0.1) is 0 Å². The smallest absolute Gasteiger partial charge is 0.391 e. The highest BCUT2D eigenvalue weighted by molar-refractivity contribution is 5.97. The fourth-order valence-corrected chi connectivity index (χ4v) is 3.83. The van der Waals surface area contributed by atoms with Crippen LogP contribution < -0.4 is 10.1 Å². The third-order valence-electron chi connectivity index (χ3n) is 5.53. The predicted octanol–water partition coefficient (Wildman–Crippen LogP) is 2.55. The van der Waals surface area contributed by atoms with Gasteiger partial charge in [0.05, 0.1) is 18.0 Å². The summed E-state index contributed by atoms with van der Waals surface area (Å²) in [7, 11) is 1.58. The Kier molecular flexibility index (Phi) is 5.27. The lowest BCUT2D eigenvalue weighted by Gasteiger charge is -2.15. The number of ether oxygens (including phenoxy) is 1. The Bertz CT molecular complexity index is 1330. The number of hydrogen-bond acceptors (Lipinski definition) is 6. The first-order chi connectivity index (χ1) is 16.0. The second-order valence-electron chi connectivity index (χ2n) is 7.87. The van der Waals surface area contributed by atoms with Gasteiger partial charge in [0, 0.05) is 49.8 Å². The topological polar surface area (TPSA) is 114 Å². The molecule has 10 nitrogen and oxygen atoms in total. The van der Waals surface area contributed by atoms with Crippen LogP contribution in [0.4, 0.5) is 10.5 Å². The Labute approximate surface area is 189 Å². The standard InChI is InChI=1S/C23H22N6O4/c1-27-22(18(12-24-27)21(31)29-10-8-17(30)13-29)33-23(32)25-16-7-9-28-14-19(26-20(28)11-16)15-5-3-2-4-6-15/h2-7,9,11-12,14,17,30H,8,10,13H2,1H3,(H,25,32). The number of nitrogens with one attached hydrogen (secondary N) is 1. The van der Waals surface area contributed by atoms with Crippen LogP contribution in [0.5, 0.6) is 5.88 Å². The molecule has 0 radical (unpaired) electrons. The van der Waals surface area contributed by atoms with Crippen molar-refractivity contribution in [1.82, 2.24) is 24.1 Å². The fourth-order valence-electron chi connectivity index (χ4n) is 3.83. The second kappa shape index (κ2) is 8.40. The number of aromatic nitrogens is 4. The normalized spacial score (nSPS) is 15.7. The van der Waals surface area contributed by atoms with Crippen molar-refractivity contribution < 1.29 is 19.4 Å². The van der Waals surface area contributed by atoms with Crippen molar-refractivity contribution in [2.75, 3.05) is 18.4 Å². The number of fused-ring (bicyclic) bond motifs is 1. The van der Waals surface area contributed by atoms with E-state index >= 15 is 0 Å². The molecule has 10 heteroatoms. The molecule has 2 N–H and O–H groups in total. The lowest BCUT2D eigenvalue weighted by atomic mass is 10.2. The summed E-state index contributed by atoms with van der Waals surface area (Å²) in [5.74, 6) is -0.304. The Balaban J connectivity index is 1.31. The highest BCUT2D eigenvalue weighted by Gasteiger charge is 2.29. The summed E-state index contributed by atoms with van der Waals surface area (Å²) >= 11 is 0. The number of pyridine rings is 1. The number of nitrogens with zero attached hydrogens (tertiary/aromatic N) is 5. The van der Waals surface area contributed by atoms with Gasteiger partial charge in [0.15, 0.2) is 0 Å².